The highest BCUT2D eigenvalue weighted by Gasteiger charge is 2.34. The zero-order valence-corrected chi connectivity index (χ0v) is 20.1. The fourth-order valence-electron chi connectivity index (χ4n) is 4.84. The quantitative estimate of drug-likeness (QED) is 0.523. The Hall–Kier alpha value is -2.53. The normalized spacial score (nSPS) is 18.6. The molecule has 1 amide bonds. The lowest BCUT2D eigenvalue weighted by Gasteiger charge is -2.40. The number of hydrogen-bond donors (Lipinski definition) is 0. The van der Waals surface area contributed by atoms with E-state index in [0.29, 0.717) is 36.4 Å². The number of amides is 1. The Kier molecular flexibility index (Phi) is 8.19. The predicted molar refractivity (Wildman–Crippen MR) is 127 cm³/mol. The summed E-state index contributed by atoms with van der Waals surface area (Å²) in [7, 11) is 3.25. The third-order valence-electron chi connectivity index (χ3n) is 6.51. The van der Waals surface area contributed by atoms with Gasteiger partial charge in [-0.05, 0) is 68.2 Å². The van der Waals surface area contributed by atoms with Crippen LogP contribution < -0.4 is 9.47 Å². The van der Waals surface area contributed by atoms with E-state index >= 15 is 0 Å². The zero-order chi connectivity index (χ0) is 23.1. The molecule has 1 heterocycles. The number of methoxy groups -OCH3 is 2. The average molecular weight is 440 g/mol. The van der Waals surface area contributed by atoms with Gasteiger partial charge in [-0.1, -0.05) is 36.4 Å². The molecule has 1 fully saturated rings. The Morgan fingerprint density at radius 2 is 1.84 bits per heavy atom. The summed E-state index contributed by atoms with van der Waals surface area (Å²) < 4.78 is 16.8. The van der Waals surface area contributed by atoms with E-state index in [1.165, 1.54) is 5.56 Å². The first-order chi connectivity index (χ1) is 15.3. The van der Waals surface area contributed by atoms with Gasteiger partial charge in [-0.25, -0.2) is 0 Å². The number of carbonyl (C=O) groups is 1. The zero-order valence-electron chi connectivity index (χ0n) is 20.1. The van der Waals surface area contributed by atoms with Crippen LogP contribution in [0.4, 0.5) is 0 Å². The molecule has 0 saturated carbocycles. The molecule has 5 nitrogen and oxygen atoms in total. The summed E-state index contributed by atoms with van der Waals surface area (Å²) in [6.45, 7) is 8.07. The van der Waals surface area contributed by atoms with Crippen molar-refractivity contribution >= 4 is 5.91 Å². The highest BCUT2D eigenvalue weighted by molar-refractivity contribution is 5.73. The van der Waals surface area contributed by atoms with Crippen molar-refractivity contribution in [1.29, 1.82) is 0 Å². The van der Waals surface area contributed by atoms with Crippen molar-refractivity contribution in [3.05, 3.63) is 59.7 Å². The summed E-state index contributed by atoms with van der Waals surface area (Å²) >= 11 is 0. The Morgan fingerprint density at radius 3 is 2.47 bits per heavy atom. The van der Waals surface area contributed by atoms with Crippen LogP contribution in [0.3, 0.4) is 0 Å². The summed E-state index contributed by atoms with van der Waals surface area (Å²) in [5.74, 6) is 2.39. The largest absolute Gasteiger partial charge is 0.493 e. The Bertz CT molecular complexity index is 880. The summed E-state index contributed by atoms with van der Waals surface area (Å²) in [5, 5.41) is 0. The smallest absolute Gasteiger partial charge is 0.219 e. The maximum absolute atomic E-state index is 12.5. The summed E-state index contributed by atoms with van der Waals surface area (Å²) in [6, 6.07) is 16.6. The fraction of sp³-hybridized carbons (Fsp3) is 0.519. The highest BCUT2D eigenvalue weighted by atomic mass is 16.5. The van der Waals surface area contributed by atoms with E-state index < -0.39 is 0 Å². The van der Waals surface area contributed by atoms with Gasteiger partial charge in [-0.3, -0.25) is 4.79 Å². The van der Waals surface area contributed by atoms with Crippen molar-refractivity contribution in [3.63, 3.8) is 0 Å². The van der Waals surface area contributed by atoms with Gasteiger partial charge in [0.05, 0.1) is 19.8 Å². The second-order valence-electron chi connectivity index (χ2n) is 9.30. The van der Waals surface area contributed by atoms with E-state index in [2.05, 4.69) is 44.2 Å². The summed E-state index contributed by atoms with van der Waals surface area (Å²) in [6.07, 6.45) is 3.01. The molecule has 0 radical (unpaired) electrons. The van der Waals surface area contributed by atoms with Crippen molar-refractivity contribution in [2.75, 3.05) is 27.4 Å². The molecule has 2 atom stereocenters. The SMILES string of the molecule is COc1ccc(CN(CCC(c2ccccc2)C2CCOC(C)(C)C2)C(C)=O)cc1OC. The third-order valence-corrected chi connectivity index (χ3v) is 6.51. The van der Waals surface area contributed by atoms with Gasteiger partial charge in [0.1, 0.15) is 0 Å². The van der Waals surface area contributed by atoms with Crippen molar-refractivity contribution in [1.82, 2.24) is 4.90 Å². The standard InChI is InChI=1S/C27H37NO4/c1-20(29)28(19-21-11-12-25(30-4)26(17-21)31-5)15-13-24(22-9-7-6-8-10-22)23-14-16-32-27(2,3)18-23/h6-12,17,23-24H,13-16,18-19H2,1-5H3. The summed E-state index contributed by atoms with van der Waals surface area (Å²) in [4.78, 5) is 14.4. The minimum absolute atomic E-state index is 0.0823. The number of hydrogen-bond acceptors (Lipinski definition) is 4. The van der Waals surface area contributed by atoms with Crippen molar-refractivity contribution < 1.29 is 19.0 Å². The molecule has 32 heavy (non-hydrogen) atoms. The monoisotopic (exact) mass is 439 g/mol. The Balaban J connectivity index is 1.76. The molecule has 174 valence electrons. The molecule has 2 aromatic rings. The van der Waals surface area contributed by atoms with Gasteiger partial charge in [-0.2, -0.15) is 0 Å². The average Bonchev–Trinajstić information content (AvgIpc) is 2.78. The number of nitrogens with zero attached hydrogens (tertiary/aromatic N) is 1. The minimum atomic E-state index is -0.101. The third kappa shape index (κ3) is 6.26. The van der Waals surface area contributed by atoms with Gasteiger partial charge in [0.2, 0.25) is 5.91 Å². The van der Waals surface area contributed by atoms with E-state index in [0.717, 1.165) is 31.4 Å². The first-order valence-electron chi connectivity index (χ1n) is 11.5. The minimum Gasteiger partial charge on any atom is -0.493 e. The second kappa shape index (κ2) is 10.9. The molecule has 0 aromatic heterocycles. The van der Waals surface area contributed by atoms with Crippen LogP contribution in [0.1, 0.15) is 57.1 Å². The maximum atomic E-state index is 12.5. The van der Waals surface area contributed by atoms with Crippen LogP contribution in [-0.2, 0) is 16.1 Å². The number of rotatable bonds is 9. The molecule has 3 rings (SSSR count). The Labute approximate surface area is 192 Å². The lowest BCUT2D eigenvalue weighted by Crippen LogP contribution is -2.37. The van der Waals surface area contributed by atoms with Gasteiger partial charge < -0.3 is 19.1 Å². The van der Waals surface area contributed by atoms with Crippen LogP contribution in [0.2, 0.25) is 0 Å². The number of benzene rings is 2. The van der Waals surface area contributed by atoms with E-state index in [9.17, 15) is 4.79 Å². The van der Waals surface area contributed by atoms with Crippen LogP contribution in [0.25, 0.3) is 0 Å². The van der Waals surface area contributed by atoms with Gasteiger partial charge in [-0.15, -0.1) is 0 Å². The molecule has 1 aliphatic heterocycles. The van der Waals surface area contributed by atoms with Gasteiger partial charge in [0.25, 0.3) is 0 Å². The number of ether oxygens (including phenoxy) is 3. The van der Waals surface area contributed by atoms with E-state index in [-0.39, 0.29) is 11.5 Å². The van der Waals surface area contributed by atoms with Crippen molar-refractivity contribution in [2.45, 2.75) is 58.1 Å². The van der Waals surface area contributed by atoms with E-state index in [1.54, 1.807) is 21.1 Å². The topological polar surface area (TPSA) is 48.0 Å². The maximum Gasteiger partial charge on any atom is 0.219 e. The molecular weight excluding hydrogens is 402 g/mol. The molecule has 1 saturated heterocycles. The van der Waals surface area contributed by atoms with Crippen LogP contribution in [-0.4, -0.2) is 43.8 Å². The Morgan fingerprint density at radius 1 is 1.12 bits per heavy atom. The van der Waals surface area contributed by atoms with Crippen LogP contribution in [0.5, 0.6) is 11.5 Å². The molecule has 0 aliphatic carbocycles. The second-order valence-corrected chi connectivity index (χ2v) is 9.30. The molecule has 1 aliphatic rings. The van der Waals surface area contributed by atoms with Crippen molar-refractivity contribution in [2.24, 2.45) is 5.92 Å². The first kappa shape index (κ1) is 24.1. The van der Waals surface area contributed by atoms with Gasteiger partial charge in [0, 0.05) is 26.6 Å². The van der Waals surface area contributed by atoms with Gasteiger partial charge in [0.15, 0.2) is 11.5 Å². The van der Waals surface area contributed by atoms with Crippen LogP contribution >= 0.6 is 0 Å². The lowest BCUT2D eigenvalue weighted by atomic mass is 9.75. The summed E-state index contributed by atoms with van der Waals surface area (Å²) in [5.41, 5.74) is 2.28. The molecule has 0 N–H and O–H groups in total. The molecule has 5 heteroatoms. The molecular formula is C27H37NO4. The molecule has 0 bridgehead atoms. The fourth-order valence-corrected chi connectivity index (χ4v) is 4.84. The van der Waals surface area contributed by atoms with Gasteiger partial charge >= 0.3 is 0 Å². The van der Waals surface area contributed by atoms with Crippen LogP contribution in [0.15, 0.2) is 48.5 Å². The highest BCUT2D eigenvalue weighted by Crippen LogP contribution is 2.40. The number of carbonyl (C=O) groups excluding carboxylic acids is 1. The molecule has 0 spiro atoms. The lowest BCUT2D eigenvalue weighted by molar-refractivity contribution is -0.129. The van der Waals surface area contributed by atoms with Crippen LogP contribution in [0, 0.1) is 5.92 Å². The first-order valence-corrected chi connectivity index (χ1v) is 11.5. The van der Waals surface area contributed by atoms with E-state index in [4.69, 9.17) is 14.2 Å². The molecule has 2 unspecified atom stereocenters. The molecule has 2 aromatic carbocycles. The van der Waals surface area contributed by atoms with E-state index in [1.807, 2.05) is 23.1 Å². The van der Waals surface area contributed by atoms with Crippen molar-refractivity contribution in [3.8, 4) is 11.5 Å². The predicted octanol–water partition coefficient (Wildman–Crippen LogP) is 5.43.